The Kier molecular flexibility index (Phi) is 4.66. The highest BCUT2D eigenvalue weighted by Crippen LogP contribution is 2.25. The molecule has 0 heterocycles. The van der Waals surface area contributed by atoms with E-state index in [4.69, 9.17) is 11.6 Å². The number of phenolic OH excluding ortho intramolecular Hbond substituents is 1. The van der Waals surface area contributed by atoms with Crippen molar-refractivity contribution in [3.05, 3.63) is 41.4 Å². The second-order valence-corrected chi connectivity index (χ2v) is 3.95. The summed E-state index contributed by atoms with van der Waals surface area (Å²) in [6, 6.07) is 7.44. The first kappa shape index (κ1) is 12.1. The molecule has 0 radical (unpaired) electrons. The van der Waals surface area contributed by atoms with Crippen LogP contribution in [0.15, 0.2) is 35.9 Å². The van der Waals surface area contributed by atoms with Crippen molar-refractivity contribution in [2.75, 3.05) is 6.54 Å². The molecule has 1 rings (SSSR count). The molecule has 82 valence electrons. The number of hydrogen-bond acceptors (Lipinski definition) is 2. The molecule has 3 heteroatoms. The third kappa shape index (κ3) is 3.57. The molecule has 0 aromatic heterocycles. The van der Waals surface area contributed by atoms with Crippen molar-refractivity contribution in [3.8, 4) is 5.75 Å². The Morgan fingerprint density at radius 3 is 2.73 bits per heavy atom. The number of hydrogen-bond donors (Lipinski definition) is 2. The molecule has 0 spiro atoms. The van der Waals surface area contributed by atoms with Gasteiger partial charge in [-0.15, -0.1) is 0 Å². The molecule has 0 aliphatic rings. The van der Waals surface area contributed by atoms with Gasteiger partial charge in [0.2, 0.25) is 0 Å². The zero-order chi connectivity index (χ0) is 11.3. The Hall–Kier alpha value is -0.990. The molecule has 1 unspecified atom stereocenters. The predicted molar refractivity (Wildman–Crippen MR) is 64.1 cm³/mol. The predicted octanol–water partition coefficient (Wildman–Crippen LogP) is 3.19. The van der Waals surface area contributed by atoms with Crippen LogP contribution in [0.2, 0.25) is 0 Å². The topological polar surface area (TPSA) is 32.3 Å². The third-order valence-corrected chi connectivity index (χ3v) is 2.39. The molecule has 1 atom stereocenters. The summed E-state index contributed by atoms with van der Waals surface area (Å²) in [7, 11) is 0. The molecule has 2 N–H and O–H groups in total. The Morgan fingerprint density at radius 1 is 1.53 bits per heavy atom. The maximum Gasteiger partial charge on any atom is 0.120 e. The van der Waals surface area contributed by atoms with Crippen LogP contribution in [0.3, 0.4) is 0 Å². The summed E-state index contributed by atoms with van der Waals surface area (Å²) >= 11 is 5.69. The fourth-order valence-corrected chi connectivity index (χ4v) is 1.57. The van der Waals surface area contributed by atoms with E-state index in [1.807, 2.05) is 18.2 Å². The first-order valence-electron chi connectivity index (χ1n) is 4.99. The highest BCUT2D eigenvalue weighted by Gasteiger charge is 2.11. The molecule has 0 aliphatic heterocycles. The van der Waals surface area contributed by atoms with Crippen LogP contribution in [0.5, 0.6) is 5.75 Å². The van der Waals surface area contributed by atoms with Gasteiger partial charge in [0.25, 0.3) is 0 Å². The summed E-state index contributed by atoms with van der Waals surface area (Å²) in [4.78, 5) is 0. The van der Waals surface area contributed by atoms with Crippen LogP contribution >= 0.6 is 11.6 Å². The van der Waals surface area contributed by atoms with E-state index in [2.05, 4.69) is 18.8 Å². The zero-order valence-corrected chi connectivity index (χ0v) is 9.59. The quantitative estimate of drug-likeness (QED) is 0.807. The normalized spacial score (nSPS) is 12.4. The minimum atomic E-state index is 0.113. The van der Waals surface area contributed by atoms with E-state index in [1.54, 1.807) is 6.07 Å². The van der Waals surface area contributed by atoms with Crippen LogP contribution in [0.4, 0.5) is 0 Å². The van der Waals surface area contributed by atoms with Crippen molar-refractivity contribution >= 4 is 11.6 Å². The Balaban J connectivity index is 2.74. The lowest BCUT2D eigenvalue weighted by atomic mass is 10.0. The summed E-state index contributed by atoms with van der Waals surface area (Å²) in [5.74, 6) is 0.317. The van der Waals surface area contributed by atoms with Gasteiger partial charge in [0.15, 0.2) is 0 Å². The molecule has 0 saturated heterocycles. The lowest BCUT2D eigenvalue weighted by molar-refractivity contribution is 0.446. The second-order valence-electron chi connectivity index (χ2n) is 3.42. The van der Waals surface area contributed by atoms with Gasteiger partial charge in [0.1, 0.15) is 5.75 Å². The summed E-state index contributed by atoms with van der Waals surface area (Å²) in [6.07, 6.45) is 0.891. The molecule has 1 aromatic carbocycles. The number of rotatable bonds is 5. The van der Waals surface area contributed by atoms with Crippen molar-refractivity contribution in [3.63, 3.8) is 0 Å². The van der Waals surface area contributed by atoms with Crippen molar-refractivity contribution in [2.24, 2.45) is 0 Å². The van der Waals surface area contributed by atoms with Gasteiger partial charge < -0.3 is 10.4 Å². The smallest absolute Gasteiger partial charge is 0.120 e. The van der Waals surface area contributed by atoms with Crippen molar-refractivity contribution in [1.29, 1.82) is 0 Å². The molecule has 0 amide bonds. The lowest BCUT2D eigenvalue weighted by Crippen LogP contribution is -2.21. The largest absolute Gasteiger partial charge is 0.508 e. The average Bonchev–Trinajstić information content (AvgIpc) is 2.21. The fourth-order valence-electron chi connectivity index (χ4n) is 1.49. The van der Waals surface area contributed by atoms with Crippen LogP contribution in [0, 0.1) is 0 Å². The van der Waals surface area contributed by atoms with Crippen LogP contribution in [-0.4, -0.2) is 11.7 Å². The molecule has 1 aromatic rings. The average molecular weight is 226 g/mol. The van der Waals surface area contributed by atoms with E-state index < -0.39 is 0 Å². The minimum absolute atomic E-state index is 0.113. The van der Waals surface area contributed by atoms with Crippen molar-refractivity contribution < 1.29 is 5.11 Å². The van der Waals surface area contributed by atoms with Gasteiger partial charge in [-0.25, -0.2) is 0 Å². The molecule has 0 aliphatic carbocycles. The number of nitrogens with one attached hydrogen (secondary N) is 1. The summed E-state index contributed by atoms with van der Waals surface area (Å²) in [5, 5.41) is 13.5. The number of halogens is 1. The van der Waals surface area contributed by atoms with E-state index in [1.165, 1.54) is 0 Å². The molecule has 0 saturated carbocycles. The Labute approximate surface area is 95.6 Å². The highest BCUT2D eigenvalue weighted by atomic mass is 35.5. The van der Waals surface area contributed by atoms with Gasteiger partial charge in [-0.3, -0.25) is 0 Å². The number of aromatic hydroxyl groups is 1. The van der Waals surface area contributed by atoms with Crippen LogP contribution < -0.4 is 5.32 Å². The van der Waals surface area contributed by atoms with E-state index in [9.17, 15) is 5.11 Å². The van der Waals surface area contributed by atoms with Crippen LogP contribution in [0.25, 0.3) is 0 Å². The highest BCUT2D eigenvalue weighted by molar-refractivity contribution is 6.29. The summed E-state index contributed by atoms with van der Waals surface area (Å²) < 4.78 is 0. The molecule has 0 fully saturated rings. The summed E-state index contributed by atoms with van der Waals surface area (Å²) in [6.45, 7) is 6.22. The standard InChI is InChI=1S/C12H16ClNO/c1-3-11(14-8-9(2)13)10-6-4-5-7-12(10)15/h4-7,11,14-15H,2-3,8H2,1H3. The first-order chi connectivity index (χ1) is 7.15. The number of phenols is 1. The molecular formula is C12H16ClNO. The zero-order valence-electron chi connectivity index (χ0n) is 8.83. The van der Waals surface area contributed by atoms with Gasteiger partial charge in [-0.1, -0.05) is 43.3 Å². The van der Waals surface area contributed by atoms with Gasteiger partial charge >= 0.3 is 0 Å². The van der Waals surface area contributed by atoms with Crippen molar-refractivity contribution in [1.82, 2.24) is 5.32 Å². The maximum absolute atomic E-state index is 9.68. The van der Waals surface area contributed by atoms with Gasteiger partial charge in [-0.05, 0) is 12.5 Å². The molecule has 2 nitrogen and oxygen atoms in total. The second kappa shape index (κ2) is 5.79. The van der Waals surface area contributed by atoms with Gasteiger partial charge in [-0.2, -0.15) is 0 Å². The van der Waals surface area contributed by atoms with Crippen molar-refractivity contribution in [2.45, 2.75) is 19.4 Å². The van der Waals surface area contributed by atoms with E-state index in [0.29, 0.717) is 17.3 Å². The van der Waals surface area contributed by atoms with E-state index in [0.717, 1.165) is 12.0 Å². The monoisotopic (exact) mass is 225 g/mol. The van der Waals surface area contributed by atoms with Gasteiger partial charge in [0, 0.05) is 23.2 Å². The Morgan fingerprint density at radius 2 is 2.20 bits per heavy atom. The van der Waals surface area contributed by atoms with E-state index >= 15 is 0 Å². The third-order valence-electron chi connectivity index (χ3n) is 2.26. The first-order valence-corrected chi connectivity index (χ1v) is 5.37. The van der Waals surface area contributed by atoms with Crippen LogP contribution in [0.1, 0.15) is 24.9 Å². The number of benzene rings is 1. The summed E-state index contributed by atoms with van der Waals surface area (Å²) in [5.41, 5.74) is 0.901. The lowest BCUT2D eigenvalue weighted by Gasteiger charge is -2.18. The fraction of sp³-hybridized carbons (Fsp3) is 0.333. The minimum Gasteiger partial charge on any atom is -0.508 e. The van der Waals surface area contributed by atoms with Gasteiger partial charge in [0.05, 0.1) is 0 Å². The van der Waals surface area contributed by atoms with Crippen LogP contribution in [-0.2, 0) is 0 Å². The van der Waals surface area contributed by atoms with E-state index in [-0.39, 0.29) is 6.04 Å². The Bertz CT molecular complexity index is 338. The number of para-hydroxylation sites is 1. The maximum atomic E-state index is 9.68. The SMILES string of the molecule is C=C(Cl)CNC(CC)c1ccccc1O. The molecular weight excluding hydrogens is 210 g/mol. The molecule has 0 bridgehead atoms. The molecule has 15 heavy (non-hydrogen) atoms.